The summed E-state index contributed by atoms with van der Waals surface area (Å²) in [6, 6.07) is 21.8. The van der Waals surface area contributed by atoms with Gasteiger partial charge in [-0.05, 0) is 61.0 Å². The summed E-state index contributed by atoms with van der Waals surface area (Å²) >= 11 is 3.43. The summed E-state index contributed by atoms with van der Waals surface area (Å²) in [4.78, 5) is 26.5. The zero-order valence-electron chi connectivity index (χ0n) is 16.2. The number of anilines is 2. The standard InChI is InChI=1S/C23H21BrN2O3/c1-16-13-20(11-12-21(16)24)29-15-22(27)25-18-8-6-7-17(14-18)23(28)26(2)19-9-4-3-5-10-19/h3-14H,15H2,1-2H3,(H,25,27). The molecule has 148 valence electrons. The molecule has 0 saturated carbocycles. The van der Waals surface area contributed by atoms with Crippen molar-refractivity contribution >= 4 is 39.1 Å². The molecule has 0 aromatic heterocycles. The van der Waals surface area contributed by atoms with Gasteiger partial charge in [0.25, 0.3) is 11.8 Å². The Labute approximate surface area is 178 Å². The van der Waals surface area contributed by atoms with Crippen molar-refractivity contribution in [3.05, 3.63) is 88.4 Å². The molecule has 3 aromatic carbocycles. The molecule has 0 radical (unpaired) electrons. The maximum absolute atomic E-state index is 12.7. The normalized spacial score (nSPS) is 10.3. The lowest BCUT2D eigenvalue weighted by Gasteiger charge is -2.17. The largest absolute Gasteiger partial charge is 0.484 e. The lowest BCUT2D eigenvalue weighted by molar-refractivity contribution is -0.118. The van der Waals surface area contributed by atoms with E-state index >= 15 is 0 Å². The third-order valence-corrected chi connectivity index (χ3v) is 5.23. The summed E-state index contributed by atoms with van der Waals surface area (Å²) in [7, 11) is 1.72. The highest BCUT2D eigenvalue weighted by Crippen LogP contribution is 2.22. The van der Waals surface area contributed by atoms with Gasteiger partial charge in [0.05, 0.1) is 0 Å². The van der Waals surface area contributed by atoms with Gasteiger partial charge in [0.15, 0.2) is 6.61 Å². The van der Waals surface area contributed by atoms with Gasteiger partial charge in [-0.2, -0.15) is 0 Å². The second-order valence-electron chi connectivity index (χ2n) is 6.53. The van der Waals surface area contributed by atoms with Crippen LogP contribution in [-0.2, 0) is 4.79 Å². The number of para-hydroxylation sites is 1. The topological polar surface area (TPSA) is 58.6 Å². The van der Waals surface area contributed by atoms with Crippen molar-refractivity contribution in [2.75, 3.05) is 23.9 Å². The highest BCUT2D eigenvalue weighted by molar-refractivity contribution is 9.10. The molecule has 1 N–H and O–H groups in total. The van der Waals surface area contributed by atoms with E-state index < -0.39 is 0 Å². The van der Waals surface area contributed by atoms with E-state index in [9.17, 15) is 9.59 Å². The fourth-order valence-electron chi connectivity index (χ4n) is 2.75. The van der Waals surface area contributed by atoms with Crippen LogP contribution in [0.25, 0.3) is 0 Å². The molecule has 0 saturated heterocycles. The monoisotopic (exact) mass is 452 g/mol. The number of hydrogen-bond donors (Lipinski definition) is 1. The van der Waals surface area contributed by atoms with Crippen molar-refractivity contribution in [1.29, 1.82) is 0 Å². The molecule has 5 nitrogen and oxygen atoms in total. The Kier molecular flexibility index (Phi) is 6.67. The van der Waals surface area contributed by atoms with E-state index in [1.807, 2.05) is 49.4 Å². The SMILES string of the molecule is Cc1cc(OCC(=O)Nc2cccc(C(=O)N(C)c3ccccc3)c2)ccc1Br. The zero-order chi connectivity index (χ0) is 20.8. The van der Waals surface area contributed by atoms with Crippen LogP contribution in [0.3, 0.4) is 0 Å². The summed E-state index contributed by atoms with van der Waals surface area (Å²) < 4.78 is 6.52. The Morgan fingerprint density at radius 2 is 1.76 bits per heavy atom. The van der Waals surface area contributed by atoms with Crippen molar-refractivity contribution in [2.45, 2.75) is 6.92 Å². The predicted octanol–water partition coefficient (Wildman–Crippen LogP) is 5.05. The third-order valence-electron chi connectivity index (χ3n) is 4.34. The number of nitrogens with zero attached hydrogens (tertiary/aromatic N) is 1. The molecule has 0 aliphatic carbocycles. The smallest absolute Gasteiger partial charge is 0.262 e. The molecule has 29 heavy (non-hydrogen) atoms. The van der Waals surface area contributed by atoms with Crippen LogP contribution in [0.1, 0.15) is 15.9 Å². The Hall–Kier alpha value is -3.12. The summed E-state index contributed by atoms with van der Waals surface area (Å²) in [5.41, 5.74) is 2.85. The lowest BCUT2D eigenvalue weighted by Crippen LogP contribution is -2.26. The summed E-state index contributed by atoms with van der Waals surface area (Å²) in [5.74, 6) is 0.162. The maximum atomic E-state index is 12.7. The van der Waals surface area contributed by atoms with Crippen LogP contribution in [0.5, 0.6) is 5.75 Å². The molecule has 0 atom stereocenters. The van der Waals surface area contributed by atoms with Gasteiger partial charge in [-0.1, -0.05) is 40.2 Å². The number of aryl methyl sites for hydroxylation is 1. The number of carbonyl (C=O) groups is 2. The van der Waals surface area contributed by atoms with Crippen molar-refractivity contribution in [2.24, 2.45) is 0 Å². The van der Waals surface area contributed by atoms with Gasteiger partial charge < -0.3 is 15.0 Å². The van der Waals surface area contributed by atoms with Crippen LogP contribution in [0.15, 0.2) is 77.3 Å². The summed E-state index contributed by atoms with van der Waals surface area (Å²) in [6.07, 6.45) is 0. The van der Waals surface area contributed by atoms with E-state index in [1.54, 1.807) is 42.3 Å². The summed E-state index contributed by atoms with van der Waals surface area (Å²) in [5, 5.41) is 2.77. The Bertz CT molecular complexity index is 1020. The van der Waals surface area contributed by atoms with Crippen LogP contribution in [-0.4, -0.2) is 25.5 Å². The van der Waals surface area contributed by atoms with Gasteiger partial charge in [-0.15, -0.1) is 0 Å². The van der Waals surface area contributed by atoms with E-state index in [0.29, 0.717) is 17.0 Å². The highest BCUT2D eigenvalue weighted by Gasteiger charge is 2.14. The van der Waals surface area contributed by atoms with Crippen LogP contribution in [0, 0.1) is 6.92 Å². The molecule has 0 unspecified atom stereocenters. The zero-order valence-corrected chi connectivity index (χ0v) is 17.8. The van der Waals surface area contributed by atoms with Crippen LogP contribution in [0.4, 0.5) is 11.4 Å². The molecular weight excluding hydrogens is 432 g/mol. The minimum Gasteiger partial charge on any atom is -0.484 e. The number of rotatable bonds is 6. The number of hydrogen-bond acceptors (Lipinski definition) is 3. The van der Waals surface area contributed by atoms with Gasteiger partial charge in [-0.25, -0.2) is 0 Å². The fourth-order valence-corrected chi connectivity index (χ4v) is 2.99. The average Bonchev–Trinajstić information content (AvgIpc) is 2.74. The molecule has 6 heteroatoms. The molecule has 0 bridgehead atoms. The lowest BCUT2D eigenvalue weighted by atomic mass is 10.1. The van der Waals surface area contributed by atoms with Crippen molar-refractivity contribution in [1.82, 2.24) is 0 Å². The minimum atomic E-state index is -0.299. The molecule has 0 aliphatic rings. The highest BCUT2D eigenvalue weighted by atomic mass is 79.9. The molecule has 2 amide bonds. The number of halogens is 1. The number of carbonyl (C=O) groups excluding carboxylic acids is 2. The first-order valence-electron chi connectivity index (χ1n) is 9.06. The first-order chi connectivity index (χ1) is 13.9. The molecule has 0 aliphatic heterocycles. The minimum absolute atomic E-state index is 0.122. The van der Waals surface area contributed by atoms with Gasteiger partial charge >= 0.3 is 0 Å². The Morgan fingerprint density at radius 3 is 2.48 bits per heavy atom. The number of nitrogens with one attached hydrogen (secondary N) is 1. The molecule has 3 aromatic rings. The van der Waals surface area contributed by atoms with Gasteiger partial charge in [0.1, 0.15) is 5.75 Å². The number of ether oxygens (including phenoxy) is 1. The first kappa shape index (κ1) is 20.6. The van der Waals surface area contributed by atoms with Gasteiger partial charge in [-0.3, -0.25) is 9.59 Å². The van der Waals surface area contributed by atoms with Crippen LogP contribution < -0.4 is 15.0 Å². The molecule has 0 spiro atoms. The number of amides is 2. The maximum Gasteiger partial charge on any atom is 0.262 e. The fraction of sp³-hybridized carbons (Fsp3) is 0.130. The average molecular weight is 453 g/mol. The Morgan fingerprint density at radius 1 is 1.00 bits per heavy atom. The second-order valence-corrected chi connectivity index (χ2v) is 7.38. The predicted molar refractivity (Wildman–Crippen MR) is 119 cm³/mol. The van der Waals surface area contributed by atoms with Crippen LogP contribution in [0.2, 0.25) is 0 Å². The number of benzene rings is 3. The Balaban J connectivity index is 1.62. The summed E-state index contributed by atoms with van der Waals surface area (Å²) in [6.45, 7) is 1.83. The van der Waals surface area contributed by atoms with Gasteiger partial charge in [0.2, 0.25) is 0 Å². The van der Waals surface area contributed by atoms with Crippen molar-refractivity contribution in [3.8, 4) is 5.75 Å². The van der Waals surface area contributed by atoms with Crippen LogP contribution >= 0.6 is 15.9 Å². The van der Waals surface area contributed by atoms with E-state index in [4.69, 9.17) is 4.74 Å². The van der Waals surface area contributed by atoms with E-state index in [-0.39, 0.29) is 18.4 Å². The molecular formula is C23H21BrN2O3. The molecule has 3 rings (SSSR count). The van der Waals surface area contributed by atoms with Crippen molar-refractivity contribution < 1.29 is 14.3 Å². The second kappa shape index (κ2) is 9.39. The third kappa shape index (κ3) is 5.45. The van der Waals surface area contributed by atoms with E-state index in [1.165, 1.54) is 0 Å². The van der Waals surface area contributed by atoms with Gasteiger partial charge in [0, 0.05) is 28.5 Å². The van der Waals surface area contributed by atoms with Crippen molar-refractivity contribution in [3.63, 3.8) is 0 Å². The molecule has 0 fully saturated rings. The first-order valence-corrected chi connectivity index (χ1v) is 9.85. The quantitative estimate of drug-likeness (QED) is 0.568. The molecule has 0 heterocycles. The van der Waals surface area contributed by atoms with E-state index in [0.717, 1.165) is 15.7 Å². The van der Waals surface area contributed by atoms with E-state index in [2.05, 4.69) is 21.2 Å².